The molecular formula is C25H20F2N8O8S. The maximum absolute atomic E-state index is 15.5. The molecule has 2 aromatic heterocycles. The molecule has 2 aromatic carbocycles. The quantitative estimate of drug-likeness (QED) is 0.138. The minimum Gasteiger partial charge on any atom is -0.504 e. The highest BCUT2D eigenvalue weighted by atomic mass is 32.2. The van der Waals surface area contributed by atoms with Crippen molar-refractivity contribution in [3.63, 3.8) is 0 Å². The molecule has 0 saturated carbocycles. The van der Waals surface area contributed by atoms with Gasteiger partial charge in [-0.15, -0.1) is 9.78 Å². The van der Waals surface area contributed by atoms with Crippen LogP contribution in [0.3, 0.4) is 0 Å². The summed E-state index contributed by atoms with van der Waals surface area (Å²) in [6.45, 7) is 0.720. The molecule has 0 amide bonds. The van der Waals surface area contributed by atoms with Gasteiger partial charge in [-0.05, 0) is 36.4 Å². The van der Waals surface area contributed by atoms with Crippen LogP contribution in [0.25, 0.3) is 0 Å². The molecule has 1 aliphatic rings. The highest BCUT2D eigenvalue weighted by Gasteiger charge is 2.29. The number of likely N-dealkylation sites (N-methyl/N-ethyl adjacent to an activating group) is 1. The van der Waals surface area contributed by atoms with Crippen molar-refractivity contribution in [2.24, 2.45) is 10.7 Å². The Labute approximate surface area is 245 Å². The lowest BCUT2D eigenvalue weighted by Crippen LogP contribution is -2.24. The van der Waals surface area contributed by atoms with Gasteiger partial charge in [0.25, 0.3) is 11.0 Å². The highest BCUT2D eigenvalue weighted by molar-refractivity contribution is 7.91. The molecule has 0 spiro atoms. The first-order valence-corrected chi connectivity index (χ1v) is 13.7. The molecule has 0 radical (unpaired) electrons. The first-order valence-electron chi connectivity index (χ1n) is 12.2. The Morgan fingerprint density at radius 1 is 1.16 bits per heavy atom. The zero-order valence-electron chi connectivity index (χ0n) is 22.3. The van der Waals surface area contributed by atoms with Gasteiger partial charge in [-0.3, -0.25) is 15.4 Å². The molecule has 0 saturated heterocycles. The van der Waals surface area contributed by atoms with Crippen molar-refractivity contribution in [1.29, 1.82) is 5.41 Å². The molecule has 0 unspecified atom stereocenters. The maximum atomic E-state index is 15.5. The predicted molar refractivity (Wildman–Crippen MR) is 146 cm³/mol. The summed E-state index contributed by atoms with van der Waals surface area (Å²) in [5.74, 6) is -5.74. The fourth-order valence-corrected chi connectivity index (χ4v) is 5.16. The third-order valence-electron chi connectivity index (χ3n) is 6.18. The van der Waals surface area contributed by atoms with Crippen molar-refractivity contribution in [2.75, 3.05) is 20.1 Å². The summed E-state index contributed by atoms with van der Waals surface area (Å²) in [4.78, 5) is 33.9. The maximum Gasteiger partial charge on any atom is 0.436 e. The van der Waals surface area contributed by atoms with Crippen molar-refractivity contribution in [3.8, 4) is 28.9 Å². The number of H-pyrrole nitrogens is 1. The molecule has 16 nitrogen and oxygen atoms in total. The van der Waals surface area contributed by atoms with Crippen molar-refractivity contribution in [3.05, 3.63) is 75.8 Å². The molecule has 1 aliphatic heterocycles. The van der Waals surface area contributed by atoms with Gasteiger partial charge in [0.05, 0.1) is 23.2 Å². The molecule has 0 aliphatic carbocycles. The lowest BCUT2D eigenvalue weighted by molar-refractivity contribution is 0.191. The number of aromatic amines is 1. The number of nitrogens with two attached hydrogens (primary N) is 1. The molecular weight excluding hydrogens is 610 g/mol. The van der Waals surface area contributed by atoms with Crippen LogP contribution in [0, 0.1) is 17.0 Å². The number of nitrogen functional groups attached to an aromatic ring is 1. The van der Waals surface area contributed by atoms with Crippen molar-refractivity contribution >= 4 is 27.6 Å². The lowest BCUT2D eigenvalue weighted by Gasteiger charge is -2.19. The summed E-state index contributed by atoms with van der Waals surface area (Å²) in [5.41, 5.74) is 4.24. The molecule has 19 heteroatoms. The molecule has 3 heterocycles. The van der Waals surface area contributed by atoms with Gasteiger partial charge in [0.15, 0.2) is 17.3 Å². The van der Waals surface area contributed by atoms with Crippen molar-refractivity contribution < 1.29 is 41.7 Å². The zero-order valence-corrected chi connectivity index (χ0v) is 23.1. The van der Waals surface area contributed by atoms with Gasteiger partial charge in [0.2, 0.25) is 21.4 Å². The predicted octanol–water partition coefficient (Wildman–Crippen LogP) is 1.87. The van der Waals surface area contributed by atoms with E-state index >= 15 is 4.39 Å². The van der Waals surface area contributed by atoms with Gasteiger partial charge in [0, 0.05) is 19.2 Å². The lowest BCUT2D eigenvalue weighted by atomic mass is 10.1. The number of pyridine rings is 1. The van der Waals surface area contributed by atoms with Crippen LogP contribution in [0.15, 0.2) is 62.4 Å². The van der Waals surface area contributed by atoms with Crippen LogP contribution >= 0.6 is 0 Å². The standard InChI is InChI=1S/C25H20F2N8O8S/c1-34-7-6-30-21(34)13-9-12(44(40,41)23-32-24(37)35(33-23)25(38)39)3-5-16(13)42-19-14(26)10-31-22(18(19)27)43-17-8-11(20(28)29)2-4-15(17)36/h2-5,8-10,36H,6-7H2,1H3,(H3,28,29)(H,38,39)(H,32,33,37). The number of hydrogen-bond donors (Lipinski definition) is 5. The normalized spacial score (nSPS) is 13.1. The fraction of sp³-hybridized carbons (Fsp3) is 0.120. The van der Waals surface area contributed by atoms with Gasteiger partial charge < -0.3 is 30.3 Å². The van der Waals surface area contributed by atoms with Gasteiger partial charge in [0.1, 0.15) is 17.4 Å². The molecule has 44 heavy (non-hydrogen) atoms. The largest absolute Gasteiger partial charge is 0.504 e. The molecule has 6 N–H and O–H groups in total. The van der Waals surface area contributed by atoms with Crippen LogP contribution in [0.4, 0.5) is 13.6 Å². The Hall–Kier alpha value is -5.85. The van der Waals surface area contributed by atoms with E-state index in [4.69, 9.17) is 25.7 Å². The summed E-state index contributed by atoms with van der Waals surface area (Å²) >= 11 is 0. The Balaban J connectivity index is 1.57. The number of sulfone groups is 1. The number of ether oxygens (including phenoxy) is 2. The van der Waals surface area contributed by atoms with E-state index in [-0.39, 0.29) is 39.0 Å². The average molecular weight is 631 g/mol. The molecule has 4 aromatic rings. The van der Waals surface area contributed by atoms with E-state index in [0.717, 1.165) is 30.3 Å². The second-order valence-electron chi connectivity index (χ2n) is 9.07. The number of carboxylic acid groups (broad SMARTS) is 1. The molecule has 0 atom stereocenters. The van der Waals surface area contributed by atoms with E-state index in [1.54, 1.807) is 11.9 Å². The Kier molecular flexibility index (Phi) is 7.47. The van der Waals surface area contributed by atoms with Gasteiger partial charge in [-0.25, -0.2) is 27.4 Å². The van der Waals surface area contributed by atoms with Crippen molar-refractivity contribution in [1.82, 2.24) is 24.6 Å². The summed E-state index contributed by atoms with van der Waals surface area (Å²) in [7, 11) is -2.98. The number of phenolic OH excluding ortho intramolecular Hbond substituents is 1. The number of benzene rings is 2. The number of hydrogen-bond acceptors (Lipinski definition) is 12. The minimum absolute atomic E-state index is 0.0315. The Morgan fingerprint density at radius 3 is 2.55 bits per heavy atom. The summed E-state index contributed by atoms with van der Waals surface area (Å²) in [5, 5.41) is 29.0. The molecule has 0 bridgehead atoms. The number of carbonyl (C=O) groups is 1. The van der Waals surface area contributed by atoms with Crippen molar-refractivity contribution in [2.45, 2.75) is 10.1 Å². The second kappa shape index (κ2) is 11.1. The smallest absolute Gasteiger partial charge is 0.436 e. The third kappa shape index (κ3) is 5.38. The molecule has 0 fully saturated rings. The van der Waals surface area contributed by atoms with Gasteiger partial charge in [-0.2, -0.15) is 4.39 Å². The Morgan fingerprint density at radius 2 is 1.91 bits per heavy atom. The van der Waals surface area contributed by atoms with Gasteiger partial charge >= 0.3 is 11.8 Å². The van der Waals surface area contributed by atoms with E-state index in [1.165, 1.54) is 6.07 Å². The van der Waals surface area contributed by atoms with E-state index in [1.807, 2.05) is 4.98 Å². The van der Waals surface area contributed by atoms with E-state index < -0.39 is 60.7 Å². The van der Waals surface area contributed by atoms with Crippen LogP contribution in [-0.2, 0) is 9.84 Å². The molecule has 5 rings (SSSR count). The van der Waals surface area contributed by atoms with E-state index in [9.17, 15) is 27.5 Å². The third-order valence-corrected chi connectivity index (χ3v) is 7.75. The van der Waals surface area contributed by atoms with Gasteiger partial charge in [-0.1, -0.05) is 0 Å². The number of aromatic nitrogens is 4. The first-order chi connectivity index (χ1) is 20.8. The number of rotatable bonds is 8. The number of aromatic hydroxyl groups is 1. The number of phenols is 1. The summed E-state index contributed by atoms with van der Waals surface area (Å²) in [6, 6.07) is 6.72. The number of nitrogens with one attached hydrogen (secondary N) is 2. The van der Waals surface area contributed by atoms with Crippen LogP contribution in [-0.4, -0.2) is 81.2 Å². The number of amidine groups is 2. The SMILES string of the molecule is CN1CCN=C1c1cc(S(=O)(=O)c2nn(C(=O)O)c(=O)[nH]2)ccc1Oc1c(F)cnc(Oc2cc(C(=N)N)ccc2O)c1F. The van der Waals surface area contributed by atoms with E-state index in [0.29, 0.717) is 19.3 Å². The molecule has 228 valence electrons. The summed E-state index contributed by atoms with van der Waals surface area (Å²) < 4.78 is 67.7. The monoisotopic (exact) mass is 630 g/mol. The number of nitrogens with zero attached hydrogens (tertiary/aromatic N) is 5. The summed E-state index contributed by atoms with van der Waals surface area (Å²) in [6.07, 6.45) is -1.22. The van der Waals surface area contributed by atoms with E-state index in [2.05, 4.69) is 15.1 Å². The first kappa shape index (κ1) is 29.6. The highest BCUT2D eigenvalue weighted by Crippen LogP contribution is 2.38. The zero-order chi connectivity index (χ0) is 31.9. The number of halogens is 2. The number of aliphatic imine (C=N–C) groups is 1. The topological polar surface area (TPSA) is 239 Å². The Bertz CT molecular complexity index is 2040. The second-order valence-corrected chi connectivity index (χ2v) is 10.9. The van der Waals surface area contributed by atoms with Crippen LogP contribution in [0.1, 0.15) is 11.1 Å². The van der Waals surface area contributed by atoms with Crippen LogP contribution < -0.4 is 20.9 Å². The minimum atomic E-state index is -4.61. The fourth-order valence-electron chi connectivity index (χ4n) is 4.01. The van der Waals surface area contributed by atoms with Crippen LogP contribution in [0.2, 0.25) is 0 Å². The average Bonchev–Trinajstić information content (AvgIpc) is 3.59. The van der Waals surface area contributed by atoms with Crippen LogP contribution in [0.5, 0.6) is 28.9 Å².